The van der Waals surface area contributed by atoms with E-state index in [1.165, 1.54) is 17.7 Å². The summed E-state index contributed by atoms with van der Waals surface area (Å²) in [6.45, 7) is 3.44. The van der Waals surface area contributed by atoms with Crippen molar-refractivity contribution in [1.82, 2.24) is 19.7 Å². The largest absolute Gasteiger partial charge is 0.363 e. The second-order valence-electron chi connectivity index (χ2n) is 8.81. The number of carbonyl (C=O) groups excluding carboxylic acids is 1. The van der Waals surface area contributed by atoms with E-state index in [1.807, 2.05) is 31.3 Å². The topological polar surface area (TPSA) is 63.1 Å². The maximum atomic E-state index is 13.1. The number of fused-ring (bicyclic) bond motifs is 1. The van der Waals surface area contributed by atoms with E-state index >= 15 is 0 Å². The highest BCUT2D eigenvalue weighted by atomic mass is 19.1. The number of halogens is 1. The number of hydrogen-bond donors (Lipinski definition) is 1. The van der Waals surface area contributed by atoms with Gasteiger partial charge in [-0.25, -0.2) is 9.37 Å². The van der Waals surface area contributed by atoms with E-state index in [0.29, 0.717) is 13.0 Å². The summed E-state index contributed by atoms with van der Waals surface area (Å²) in [5.74, 6) is 0.743. The van der Waals surface area contributed by atoms with E-state index in [-0.39, 0.29) is 17.3 Å². The number of nitrogens with zero attached hydrogens (tertiary/aromatic N) is 4. The number of amides is 1. The first-order valence-corrected chi connectivity index (χ1v) is 10.7. The number of rotatable bonds is 3. The molecule has 1 aromatic carbocycles. The molecule has 1 atom stereocenters. The van der Waals surface area contributed by atoms with Crippen LogP contribution in [0.2, 0.25) is 0 Å². The number of anilines is 1. The van der Waals surface area contributed by atoms with Gasteiger partial charge in [-0.1, -0.05) is 12.1 Å². The second-order valence-corrected chi connectivity index (χ2v) is 8.81. The Balaban J connectivity index is 1.30. The molecule has 1 amide bonds. The van der Waals surface area contributed by atoms with E-state index in [4.69, 9.17) is 4.98 Å². The summed E-state index contributed by atoms with van der Waals surface area (Å²) in [6.07, 6.45) is 7.00. The number of pyridine rings is 1. The van der Waals surface area contributed by atoms with Crippen molar-refractivity contribution < 1.29 is 9.18 Å². The molecule has 0 radical (unpaired) electrons. The molecule has 1 unspecified atom stereocenters. The average Bonchev–Trinajstić information content (AvgIpc) is 3.36. The van der Waals surface area contributed by atoms with Gasteiger partial charge in [-0.2, -0.15) is 5.10 Å². The van der Waals surface area contributed by atoms with Crippen LogP contribution < -0.4 is 5.32 Å². The van der Waals surface area contributed by atoms with Gasteiger partial charge in [-0.3, -0.25) is 9.48 Å². The van der Waals surface area contributed by atoms with Crippen LogP contribution in [0.4, 0.5) is 10.2 Å². The lowest BCUT2D eigenvalue weighted by Crippen LogP contribution is -2.45. The molecule has 1 fully saturated rings. The Labute approximate surface area is 181 Å². The van der Waals surface area contributed by atoms with E-state index in [0.717, 1.165) is 54.0 Å². The molecular formula is C24H26FN5O. The molecule has 31 heavy (non-hydrogen) atoms. The van der Waals surface area contributed by atoms with Crippen LogP contribution in [0.15, 0.2) is 42.7 Å². The molecule has 2 aromatic heterocycles. The first kappa shape index (κ1) is 19.7. The lowest BCUT2D eigenvalue weighted by Gasteiger charge is -2.36. The van der Waals surface area contributed by atoms with Gasteiger partial charge in [0.2, 0.25) is 5.91 Å². The highest BCUT2D eigenvalue weighted by Gasteiger charge is 2.42. The van der Waals surface area contributed by atoms with E-state index in [2.05, 4.69) is 16.5 Å². The van der Waals surface area contributed by atoms with Gasteiger partial charge in [-0.15, -0.1) is 0 Å². The van der Waals surface area contributed by atoms with Gasteiger partial charge < -0.3 is 10.2 Å². The van der Waals surface area contributed by atoms with Gasteiger partial charge in [0.25, 0.3) is 0 Å². The van der Waals surface area contributed by atoms with Crippen LogP contribution in [0.25, 0.3) is 11.1 Å². The van der Waals surface area contributed by atoms with Gasteiger partial charge in [0.05, 0.1) is 18.2 Å². The zero-order chi connectivity index (χ0) is 21.6. The van der Waals surface area contributed by atoms with Gasteiger partial charge >= 0.3 is 0 Å². The Morgan fingerprint density at radius 1 is 1.26 bits per heavy atom. The summed E-state index contributed by atoms with van der Waals surface area (Å²) in [5.41, 5.74) is 5.10. The number of aromatic nitrogens is 3. The van der Waals surface area contributed by atoms with Crippen molar-refractivity contribution in [2.45, 2.75) is 38.1 Å². The molecule has 160 valence electrons. The molecule has 2 aliphatic heterocycles. The van der Waals surface area contributed by atoms with Gasteiger partial charge in [-0.05, 0) is 55.5 Å². The molecule has 2 aliphatic rings. The molecule has 4 heterocycles. The zero-order valence-corrected chi connectivity index (χ0v) is 17.9. The van der Waals surface area contributed by atoms with Crippen molar-refractivity contribution in [3.63, 3.8) is 0 Å². The normalized spacial score (nSPS) is 20.0. The summed E-state index contributed by atoms with van der Waals surface area (Å²) in [7, 11) is 1.92. The first-order valence-electron chi connectivity index (χ1n) is 10.7. The number of benzene rings is 1. The summed E-state index contributed by atoms with van der Waals surface area (Å²) >= 11 is 0. The van der Waals surface area contributed by atoms with E-state index in [1.54, 1.807) is 16.8 Å². The molecule has 0 bridgehead atoms. The second kappa shape index (κ2) is 7.48. The fourth-order valence-corrected chi connectivity index (χ4v) is 4.77. The molecule has 1 saturated heterocycles. The number of carbonyl (C=O) groups is 1. The van der Waals surface area contributed by atoms with Crippen LogP contribution in [0, 0.1) is 12.7 Å². The van der Waals surface area contributed by atoms with Crippen LogP contribution >= 0.6 is 0 Å². The van der Waals surface area contributed by atoms with Crippen molar-refractivity contribution >= 4 is 11.7 Å². The summed E-state index contributed by atoms with van der Waals surface area (Å²) in [6, 6.07) is 8.39. The number of hydrogen-bond acceptors (Lipinski definition) is 4. The van der Waals surface area contributed by atoms with Crippen molar-refractivity contribution in [1.29, 1.82) is 0 Å². The summed E-state index contributed by atoms with van der Waals surface area (Å²) in [4.78, 5) is 19.6. The third-order valence-corrected chi connectivity index (χ3v) is 6.54. The fourth-order valence-electron chi connectivity index (χ4n) is 4.77. The van der Waals surface area contributed by atoms with Crippen LogP contribution in [0.3, 0.4) is 0 Å². The monoisotopic (exact) mass is 419 g/mol. The van der Waals surface area contributed by atoms with Crippen molar-refractivity contribution in [3.8, 4) is 11.1 Å². The van der Waals surface area contributed by atoms with Crippen LogP contribution in [0.1, 0.15) is 29.7 Å². The standard InChI is InChI=1S/C24H26FN5O/c1-16-21(19-13-26-29(2)14-19)12-18-7-8-24(28-23(18)27-16)9-10-30(15-24)22(31)11-17-3-5-20(25)6-4-17/h3-6,12-14H,7-11,15H2,1-2H3,(H,27,28). The summed E-state index contributed by atoms with van der Waals surface area (Å²) < 4.78 is 14.9. The van der Waals surface area contributed by atoms with Gasteiger partial charge in [0, 0.05) is 43.2 Å². The Morgan fingerprint density at radius 3 is 2.81 bits per heavy atom. The van der Waals surface area contributed by atoms with Crippen LogP contribution in [-0.4, -0.2) is 44.2 Å². The molecule has 5 rings (SSSR count). The Kier molecular flexibility index (Phi) is 4.76. The highest BCUT2D eigenvalue weighted by Crippen LogP contribution is 2.38. The Hall–Kier alpha value is -3.22. The third-order valence-electron chi connectivity index (χ3n) is 6.54. The molecule has 1 N–H and O–H groups in total. The molecule has 7 heteroatoms. The van der Waals surface area contributed by atoms with Crippen LogP contribution in [0.5, 0.6) is 0 Å². The van der Waals surface area contributed by atoms with Crippen molar-refractivity contribution in [2.24, 2.45) is 7.05 Å². The van der Waals surface area contributed by atoms with Crippen molar-refractivity contribution in [3.05, 3.63) is 65.4 Å². The lowest BCUT2D eigenvalue weighted by molar-refractivity contribution is -0.129. The minimum absolute atomic E-state index is 0.0899. The number of aryl methyl sites for hydroxylation is 3. The maximum absolute atomic E-state index is 13.1. The number of likely N-dealkylation sites (tertiary alicyclic amines) is 1. The minimum atomic E-state index is -0.282. The molecule has 0 saturated carbocycles. The van der Waals surface area contributed by atoms with Gasteiger partial charge in [0.15, 0.2) is 0 Å². The Morgan fingerprint density at radius 2 is 2.06 bits per heavy atom. The number of nitrogens with one attached hydrogen (secondary N) is 1. The third kappa shape index (κ3) is 3.80. The summed E-state index contributed by atoms with van der Waals surface area (Å²) in [5, 5.41) is 7.96. The fraction of sp³-hybridized carbons (Fsp3) is 0.375. The average molecular weight is 420 g/mol. The Bertz CT molecular complexity index is 1140. The lowest BCUT2D eigenvalue weighted by atomic mass is 9.86. The minimum Gasteiger partial charge on any atom is -0.363 e. The molecule has 0 aliphatic carbocycles. The molecular weight excluding hydrogens is 393 g/mol. The predicted octanol–water partition coefficient (Wildman–Crippen LogP) is 3.50. The molecule has 6 nitrogen and oxygen atoms in total. The highest BCUT2D eigenvalue weighted by molar-refractivity contribution is 5.79. The van der Waals surface area contributed by atoms with E-state index < -0.39 is 0 Å². The molecule has 3 aromatic rings. The van der Waals surface area contributed by atoms with E-state index in [9.17, 15) is 9.18 Å². The van der Waals surface area contributed by atoms with Crippen molar-refractivity contribution in [2.75, 3.05) is 18.4 Å². The zero-order valence-electron chi connectivity index (χ0n) is 17.9. The quantitative estimate of drug-likeness (QED) is 0.706. The molecule has 1 spiro atoms. The van der Waals surface area contributed by atoms with Crippen LogP contribution in [-0.2, 0) is 24.7 Å². The predicted molar refractivity (Wildman–Crippen MR) is 117 cm³/mol. The first-order chi connectivity index (χ1) is 14.9. The SMILES string of the molecule is Cc1nc2c(cc1-c1cnn(C)c1)CCC1(CCN(C(=O)Cc3ccc(F)cc3)C1)N2. The maximum Gasteiger partial charge on any atom is 0.227 e. The van der Waals surface area contributed by atoms with Gasteiger partial charge in [0.1, 0.15) is 11.6 Å². The smallest absolute Gasteiger partial charge is 0.227 e.